The molecule has 0 amide bonds. The lowest BCUT2D eigenvalue weighted by Gasteiger charge is -2.08. The number of ketones is 2. The number of ether oxygens (including phenoxy) is 1. The van der Waals surface area contributed by atoms with Gasteiger partial charge in [-0.3, -0.25) is 14.4 Å². The molecule has 0 saturated heterocycles. The van der Waals surface area contributed by atoms with Gasteiger partial charge in [-0.25, -0.2) is 0 Å². The molecule has 0 atom stereocenters. The van der Waals surface area contributed by atoms with Gasteiger partial charge in [0.25, 0.3) is 0 Å². The zero-order valence-corrected chi connectivity index (χ0v) is 12.7. The van der Waals surface area contributed by atoms with Gasteiger partial charge in [0.1, 0.15) is 5.92 Å². The van der Waals surface area contributed by atoms with Crippen LogP contribution in [0.4, 0.5) is 0 Å². The van der Waals surface area contributed by atoms with Gasteiger partial charge in [0.2, 0.25) is 0 Å². The summed E-state index contributed by atoms with van der Waals surface area (Å²) in [5.74, 6) is -1.39. The van der Waals surface area contributed by atoms with E-state index in [1.54, 1.807) is 55.5 Å². The van der Waals surface area contributed by atoms with Gasteiger partial charge in [-0.15, -0.1) is 0 Å². The fourth-order valence-electron chi connectivity index (χ4n) is 2.85. The molecule has 0 fully saturated rings. The Hall–Kier alpha value is -2.75. The summed E-state index contributed by atoms with van der Waals surface area (Å²) in [6, 6.07) is 13.9. The molecule has 0 saturated carbocycles. The summed E-state index contributed by atoms with van der Waals surface area (Å²) in [6.07, 6.45) is 0.181. The quantitative estimate of drug-likeness (QED) is 0.643. The third kappa shape index (κ3) is 2.80. The number of hydrogen-bond acceptors (Lipinski definition) is 4. The van der Waals surface area contributed by atoms with Crippen LogP contribution < -0.4 is 0 Å². The van der Waals surface area contributed by atoms with E-state index in [0.29, 0.717) is 23.3 Å². The molecule has 2 aromatic rings. The van der Waals surface area contributed by atoms with Crippen LogP contribution in [-0.4, -0.2) is 24.1 Å². The number of hydrogen-bond donors (Lipinski definition) is 0. The Bertz CT molecular complexity index is 739. The number of benzene rings is 2. The second-order valence-corrected chi connectivity index (χ2v) is 5.43. The zero-order chi connectivity index (χ0) is 16.4. The zero-order valence-electron chi connectivity index (χ0n) is 12.7. The highest BCUT2D eigenvalue weighted by Crippen LogP contribution is 2.33. The molecule has 0 radical (unpaired) electrons. The lowest BCUT2D eigenvalue weighted by Crippen LogP contribution is -2.13. The maximum Gasteiger partial charge on any atom is 0.310 e. The lowest BCUT2D eigenvalue weighted by atomic mass is 9.93. The van der Waals surface area contributed by atoms with E-state index in [1.807, 2.05) is 0 Å². The maximum absolute atomic E-state index is 12.5. The topological polar surface area (TPSA) is 60.4 Å². The average molecular weight is 308 g/mol. The predicted octanol–water partition coefficient (Wildman–Crippen LogP) is 2.96. The van der Waals surface area contributed by atoms with E-state index >= 15 is 0 Å². The first-order valence-corrected chi connectivity index (χ1v) is 7.53. The van der Waals surface area contributed by atoms with Gasteiger partial charge in [0.15, 0.2) is 11.6 Å². The average Bonchev–Trinajstić information content (AvgIpc) is 2.81. The van der Waals surface area contributed by atoms with E-state index in [4.69, 9.17) is 4.74 Å². The van der Waals surface area contributed by atoms with Crippen LogP contribution in [0, 0.1) is 0 Å². The van der Waals surface area contributed by atoms with Crippen molar-refractivity contribution in [3.63, 3.8) is 0 Å². The van der Waals surface area contributed by atoms with Crippen LogP contribution in [0.2, 0.25) is 0 Å². The molecule has 0 aliphatic heterocycles. The number of rotatable bonds is 4. The summed E-state index contributed by atoms with van der Waals surface area (Å²) >= 11 is 0. The van der Waals surface area contributed by atoms with Crippen LogP contribution >= 0.6 is 0 Å². The second-order valence-electron chi connectivity index (χ2n) is 5.43. The van der Waals surface area contributed by atoms with Crippen molar-refractivity contribution in [3.05, 3.63) is 70.8 Å². The van der Waals surface area contributed by atoms with E-state index in [0.717, 1.165) is 5.56 Å². The van der Waals surface area contributed by atoms with Gasteiger partial charge in [-0.1, -0.05) is 48.5 Å². The molecule has 0 N–H and O–H groups in total. The molecule has 0 aromatic heterocycles. The van der Waals surface area contributed by atoms with Crippen LogP contribution in [-0.2, 0) is 16.0 Å². The Labute approximate surface area is 134 Å². The molecule has 3 rings (SSSR count). The van der Waals surface area contributed by atoms with Crippen molar-refractivity contribution >= 4 is 17.5 Å². The molecule has 23 heavy (non-hydrogen) atoms. The van der Waals surface area contributed by atoms with Gasteiger partial charge in [0, 0.05) is 11.1 Å². The van der Waals surface area contributed by atoms with Crippen LogP contribution in [0.15, 0.2) is 48.5 Å². The number of fused-ring (bicyclic) bond motifs is 1. The monoisotopic (exact) mass is 308 g/mol. The lowest BCUT2D eigenvalue weighted by molar-refractivity contribution is -0.142. The van der Waals surface area contributed by atoms with Crippen molar-refractivity contribution in [2.75, 3.05) is 6.61 Å². The largest absolute Gasteiger partial charge is 0.466 e. The Morgan fingerprint density at radius 2 is 1.52 bits per heavy atom. The van der Waals surface area contributed by atoms with Crippen molar-refractivity contribution < 1.29 is 19.1 Å². The van der Waals surface area contributed by atoms with Crippen molar-refractivity contribution in [3.8, 4) is 0 Å². The third-order valence-electron chi connectivity index (χ3n) is 3.95. The first-order chi connectivity index (χ1) is 11.1. The van der Waals surface area contributed by atoms with Gasteiger partial charge < -0.3 is 4.74 Å². The minimum absolute atomic E-state index is 0.163. The van der Waals surface area contributed by atoms with Crippen LogP contribution in [0.25, 0.3) is 0 Å². The minimum atomic E-state index is -0.774. The molecule has 0 unspecified atom stereocenters. The highest BCUT2D eigenvalue weighted by atomic mass is 16.5. The SMILES string of the molecule is CCOC(=O)Cc1ccc(C2C(=O)c3ccccc3C2=O)cc1. The standard InChI is InChI=1S/C19H16O4/c1-2-23-16(20)11-12-7-9-13(10-8-12)17-18(21)14-5-3-4-6-15(14)19(17)22/h3-10,17H,2,11H2,1H3. The van der Waals surface area contributed by atoms with Crippen LogP contribution in [0.1, 0.15) is 44.7 Å². The minimum Gasteiger partial charge on any atom is -0.466 e. The summed E-state index contributed by atoms with van der Waals surface area (Å²) in [7, 11) is 0. The third-order valence-corrected chi connectivity index (χ3v) is 3.95. The first-order valence-electron chi connectivity index (χ1n) is 7.53. The molecule has 0 spiro atoms. The van der Waals surface area contributed by atoms with Crippen molar-refractivity contribution in [1.29, 1.82) is 0 Å². The molecule has 1 aliphatic carbocycles. The summed E-state index contributed by atoms with van der Waals surface area (Å²) in [5, 5.41) is 0. The van der Waals surface area contributed by atoms with E-state index in [1.165, 1.54) is 0 Å². The predicted molar refractivity (Wildman–Crippen MR) is 84.6 cm³/mol. The summed E-state index contributed by atoms with van der Waals surface area (Å²) in [5.41, 5.74) is 2.42. The molecular formula is C19H16O4. The van der Waals surface area contributed by atoms with Gasteiger partial charge >= 0.3 is 5.97 Å². The fourth-order valence-corrected chi connectivity index (χ4v) is 2.85. The summed E-state index contributed by atoms with van der Waals surface area (Å²) < 4.78 is 4.91. The molecule has 0 bridgehead atoms. The second kappa shape index (κ2) is 6.16. The van der Waals surface area contributed by atoms with Crippen molar-refractivity contribution in [1.82, 2.24) is 0 Å². The summed E-state index contributed by atoms with van der Waals surface area (Å²) in [4.78, 5) is 36.4. The van der Waals surface area contributed by atoms with E-state index in [-0.39, 0.29) is 24.0 Å². The highest BCUT2D eigenvalue weighted by Gasteiger charge is 2.39. The van der Waals surface area contributed by atoms with Crippen molar-refractivity contribution in [2.45, 2.75) is 19.3 Å². The Kier molecular flexibility index (Phi) is 4.06. The number of carbonyl (C=O) groups is 3. The van der Waals surface area contributed by atoms with E-state index < -0.39 is 5.92 Å². The van der Waals surface area contributed by atoms with E-state index in [2.05, 4.69) is 0 Å². The first kappa shape index (κ1) is 15.2. The molecule has 0 heterocycles. The molecule has 116 valence electrons. The smallest absolute Gasteiger partial charge is 0.310 e. The number of carbonyl (C=O) groups excluding carboxylic acids is 3. The molecule has 4 heteroatoms. The molecule has 1 aliphatic rings. The molecule has 4 nitrogen and oxygen atoms in total. The van der Waals surface area contributed by atoms with Crippen LogP contribution in [0.3, 0.4) is 0 Å². The van der Waals surface area contributed by atoms with Gasteiger partial charge in [0.05, 0.1) is 13.0 Å². The Morgan fingerprint density at radius 3 is 2.04 bits per heavy atom. The molecule has 2 aromatic carbocycles. The van der Waals surface area contributed by atoms with Crippen molar-refractivity contribution in [2.24, 2.45) is 0 Å². The number of Topliss-reactive ketones (excluding diaryl/α,β-unsaturated/α-hetero) is 2. The highest BCUT2D eigenvalue weighted by molar-refractivity contribution is 6.29. The van der Waals surface area contributed by atoms with Gasteiger partial charge in [-0.05, 0) is 18.1 Å². The molecular weight excluding hydrogens is 292 g/mol. The number of esters is 1. The normalized spacial score (nSPS) is 14.0. The summed E-state index contributed by atoms with van der Waals surface area (Å²) in [6.45, 7) is 2.11. The van der Waals surface area contributed by atoms with E-state index in [9.17, 15) is 14.4 Å². The maximum atomic E-state index is 12.5. The Balaban J connectivity index is 1.82. The van der Waals surface area contributed by atoms with Crippen LogP contribution in [0.5, 0.6) is 0 Å². The Morgan fingerprint density at radius 1 is 0.957 bits per heavy atom. The van der Waals surface area contributed by atoms with Gasteiger partial charge in [-0.2, -0.15) is 0 Å². The fraction of sp³-hybridized carbons (Fsp3) is 0.211.